The van der Waals surface area contributed by atoms with E-state index in [1.165, 1.54) is 32.1 Å². The number of nitrogens with zero attached hydrogens (tertiary/aromatic N) is 3. The summed E-state index contributed by atoms with van der Waals surface area (Å²) in [6.45, 7) is 5.40. The Kier molecular flexibility index (Phi) is 9.76. The van der Waals surface area contributed by atoms with E-state index < -0.39 is 11.2 Å². The van der Waals surface area contributed by atoms with Crippen molar-refractivity contribution < 1.29 is 4.79 Å². The van der Waals surface area contributed by atoms with Gasteiger partial charge in [0, 0.05) is 32.0 Å². The molecule has 33 heavy (non-hydrogen) atoms. The van der Waals surface area contributed by atoms with E-state index in [9.17, 15) is 14.4 Å². The first-order valence-electron chi connectivity index (χ1n) is 13.1. The van der Waals surface area contributed by atoms with Crippen molar-refractivity contribution in [1.82, 2.24) is 24.4 Å². The molecule has 2 aromatic rings. The Balaban J connectivity index is 1.81. The molecule has 0 spiro atoms. The highest BCUT2D eigenvalue weighted by Gasteiger charge is 2.20. The minimum Gasteiger partial charge on any atom is -0.353 e. The predicted molar refractivity (Wildman–Crippen MR) is 132 cm³/mol. The summed E-state index contributed by atoms with van der Waals surface area (Å²) in [7, 11) is 0. The van der Waals surface area contributed by atoms with Crippen LogP contribution in [0.5, 0.6) is 0 Å². The average Bonchev–Trinajstić information content (AvgIpc) is 3.13. The minimum atomic E-state index is -0.410. The lowest BCUT2D eigenvalue weighted by atomic mass is 9.96. The summed E-state index contributed by atoms with van der Waals surface area (Å²) in [6, 6.07) is 0.267. The smallest absolute Gasteiger partial charge is 0.330 e. The molecular weight excluding hydrogens is 418 g/mol. The second-order valence-corrected chi connectivity index (χ2v) is 9.43. The van der Waals surface area contributed by atoms with Crippen LogP contribution in [0.25, 0.3) is 11.2 Å². The third kappa shape index (κ3) is 6.81. The van der Waals surface area contributed by atoms with Gasteiger partial charge in [0.05, 0.1) is 0 Å². The van der Waals surface area contributed by atoms with Crippen LogP contribution in [0.1, 0.15) is 103 Å². The summed E-state index contributed by atoms with van der Waals surface area (Å²) in [4.78, 5) is 45.2. The number of rotatable bonds is 11. The summed E-state index contributed by atoms with van der Waals surface area (Å²) in [5.41, 5.74) is 0.103. The molecule has 1 aliphatic rings. The molecule has 8 heteroatoms. The van der Waals surface area contributed by atoms with E-state index in [2.05, 4.69) is 24.1 Å². The van der Waals surface area contributed by atoms with E-state index >= 15 is 0 Å². The molecule has 2 heterocycles. The number of carbonyl (C=O) groups is 1. The fourth-order valence-electron chi connectivity index (χ4n) is 4.82. The zero-order valence-electron chi connectivity index (χ0n) is 20.5. The molecule has 184 valence electrons. The Morgan fingerprint density at radius 2 is 1.64 bits per heavy atom. The Bertz CT molecular complexity index is 1010. The van der Waals surface area contributed by atoms with Crippen molar-refractivity contribution in [2.75, 3.05) is 0 Å². The number of H-pyrrole nitrogens is 1. The largest absolute Gasteiger partial charge is 0.353 e. The normalized spacial score (nSPS) is 15.5. The molecule has 0 saturated heterocycles. The number of aryl methyl sites for hydroxylation is 3. The van der Waals surface area contributed by atoms with Gasteiger partial charge in [-0.05, 0) is 25.7 Å². The van der Waals surface area contributed by atoms with Gasteiger partial charge >= 0.3 is 5.69 Å². The highest BCUT2D eigenvalue weighted by molar-refractivity contribution is 5.77. The van der Waals surface area contributed by atoms with Crippen LogP contribution in [0.4, 0.5) is 0 Å². The van der Waals surface area contributed by atoms with E-state index in [1.54, 1.807) is 4.57 Å². The van der Waals surface area contributed by atoms with Gasteiger partial charge in [-0.2, -0.15) is 0 Å². The molecule has 1 amide bonds. The summed E-state index contributed by atoms with van der Waals surface area (Å²) < 4.78 is 3.52. The molecule has 0 unspecified atom stereocenters. The number of unbranched alkanes of at least 4 members (excludes halogenated alkanes) is 3. The van der Waals surface area contributed by atoms with Gasteiger partial charge in [0.2, 0.25) is 5.91 Å². The number of aromatic nitrogens is 4. The molecule has 0 bridgehead atoms. The molecule has 0 aliphatic heterocycles. The van der Waals surface area contributed by atoms with Gasteiger partial charge in [-0.15, -0.1) is 0 Å². The van der Waals surface area contributed by atoms with Gasteiger partial charge in [-0.1, -0.05) is 65.2 Å². The summed E-state index contributed by atoms with van der Waals surface area (Å²) >= 11 is 0. The Hall–Kier alpha value is -2.38. The van der Waals surface area contributed by atoms with Crippen molar-refractivity contribution in [3.8, 4) is 0 Å². The molecule has 1 fully saturated rings. The average molecular weight is 460 g/mol. The Morgan fingerprint density at radius 1 is 0.970 bits per heavy atom. The zero-order valence-corrected chi connectivity index (χ0v) is 20.5. The van der Waals surface area contributed by atoms with Crippen LogP contribution in [-0.4, -0.2) is 31.1 Å². The summed E-state index contributed by atoms with van der Waals surface area (Å²) in [5, 5.41) is 3.22. The molecular formula is C25H41N5O3. The third-order valence-corrected chi connectivity index (χ3v) is 6.73. The molecule has 1 aliphatic carbocycles. The van der Waals surface area contributed by atoms with Crippen LogP contribution in [-0.2, 0) is 24.3 Å². The van der Waals surface area contributed by atoms with Crippen LogP contribution in [0, 0.1) is 0 Å². The van der Waals surface area contributed by atoms with Crippen LogP contribution in [0.15, 0.2) is 9.59 Å². The highest BCUT2D eigenvalue weighted by atomic mass is 16.2. The number of hydrogen-bond donors (Lipinski definition) is 2. The number of nitrogens with one attached hydrogen (secondary N) is 2. The van der Waals surface area contributed by atoms with Crippen LogP contribution in [0.2, 0.25) is 0 Å². The van der Waals surface area contributed by atoms with E-state index in [0.29, 0.717) is 37.1 Å². The number of amides is 1. The molecule has 8 nitrogen and oxygen atoms in total. The first-order valence-corrected chi connectivity index (χ1v) is 13.1. The highest BCUT2D eigenvalue weighted by Crippen LogP contribution is 2.18. The van der Waals surface area contributed by atoms with Crippen molar-refractivity contribution in [2.24, 2.45) is 0 Å². The van der Waals surface area contributed by atoms with Crippen molar-refractivity contribution >= 4 is 17.1 Å². The number of fused-ring (bicyclic) bond motifs is 1. The maximum Gasteiger partial charge on any atom is 0.330 e. The molecule has 1 saturated carbocycles. The van der Waals surface area contributed by atoms with Crippen LogP contribution >= 0.6 is 0 Å². The predicted octanol–water partition coefficient (Wildman–Crippen LogP) is 4.04. The number of imidazole rings is 1. The van der Waals surface area contributed by atoms with Crippen LogP contribution in [0.3, 0.4) is 0 Å². The van der Waals surface area contributed by atoms with Crippen molar-refractivity contribution in [2.45, 2.75) is 123 Å². The second kappa shape index (κ2) is 12.8. The molecule has 2 aromatic heterocycles. The lowest BCUT2D eigenvalue weighted by molar-refractivity contribution is -0.121. The van der Waals surface area contributed by atoms with E-state index in [0.717, 1.165) is 50.8 Å². The quantitative estimate of drug-likeness (QED) is 0.495. The fraction of sp³-hybridized carbons (Fsp3) is 0.760. The van der Waals surface area contributed by atoms with E-state index in [4.69, 9.17) is 4.98 Å². The molecule has 2 N–H and O–H groups in total. The fourth-order valence-corrected chi connectivity index (χ4v) is 4.82. The van der Waals surface area contributed by atoms with Crippen molar-refractivity contribution in [3.63, 3.8) is 0 Å². The van der Waals surface area contributed by atoms with E-state index in [-0.39, 0.29) is 11.9 Å². The van der Waals surface area contributed by atoms with Gasteiger partial charge in [0.25, 0.3) is 5.56 Å². The third-order valence-electron chi connectivity index (χ3n) is 6.73. The Labute approximate surface area is 196 Å². The number of hydrogen-bond acceptors (Lipinski definition) is 4. The summed E-state index contributed by atoms with van der Waals surface area (Å²) in [5.74, 6) is 0.764. The SMILES string of the molecule is CCCCCn1c(CCC(=O)NC2CCCCCCC2)nc2c1c(=O)[nH]c(=O)n2CCCC. The molecule has 0 atom stereocenters. The maximum atomic E-state index is 12.7. The second-order valence-electron chi connectivity index (χ2n) is 9.43. The number of carbonyl (C=O) groups excluding carboxylic acids is 1. The zero-order chi connectivity index (χ0) is 23.6. The van der Waals surface area contributed by atoms with Gasteiger partial charge in [0.15, 0.2) is 11.2 Å². The standard InChI is InChI=1S/C25H41N5O3/c1-3-5-12-18-29-20(15-16-21(31)26-19-13-10-8-7-9-11-14-19)27-23-22(29)24(32)28-25(33)30(23)17-6-4-2/h19H,3-18H2,1-2H3,(H,26,31)(H,28,32,33). The first kappa shape index (κ1) is 25.2. The van der Waals surface area contributed by atoms with Gasteiger partial charge in [-0.25, -0.2) is 9.78 Å². The van der Waals surface area contributed by atoms with Crippen molar-refractivity contribution in [1.29, 1.82) is 0 Å². The van der Waals surface area contributed by atoms with E-state index in [1.807, 2.05) is 4.57 Å². The number of aromatic amines is 1. The minimum absolute atomic E-state index is 0.0463. The lowest BCUT2D eigenvalue weighted by Gasteiger charge is -2.21. The van der Waals surface area contributed by atoms with Gasteiger partial charge in [0.1, 0.15) is 5.82 Å². The molecule has 0 radical (unpaired) electrons. The van der Waals surface area contributed by atoms with Crippen LogP contribution < -0.4 is 16.6 Å². The maximum absolute atomic E-state index is 12.7. The summed E-state index contributed by atoms with van der Waals surface area (Å²) in [6.07, 6.45) is 13.9. The monoisotopic (exact) mass is 459 g/mol. The van der Waals surface area contributed by atoms with Gasteiger partial charge in [-0.3, -0.25) is 19.1 Å². The van der Waals surface area contributed by atoms with Crippen molar-refractivity contribution in [3.05, 3.63) is 26.7 Å². The topological polar surface area (TPSA) is 102 Å². The molecule has 3 rings (SSSR count). The Morgan fingerprint density at radius 3 is 2.33 bits per heavy atom. The molecule has 0 aromatic carbocycles. The lowest BCUT2D eigenvalue weighted by Crippen LogP contribution is -2.35. The first-order chi connectivity index (χ1) is 16.0. The van der Waals surface area contributed by atoms with Gasteiger partial charge < -0.3 is 9.88 Å².